The van der Waals surface area contributed by atoms with Crippen molar-refractivity contribution in [3.05, 3.63) is 59.3 Å². The van der Waals surface area contributed by atoms with Crippen molar-refractivity contribution >= 4 is 28.4 Å². The molecule has 0 N–H and O–H groups in total. The van der Waals surface area contributed by atoms with Crippen molar-refractivity contribution in [2.75, 3.05) is 50.1 Å². The van der Waals surface area contributed by atoms with Crippen LogP contribution in [0.4, 0.5) is 20.3 Å². The van der Waals surface area contributed by atoms with E-state index in [1.165, 1.54) is 17.0 Å². The third-order valence-corrected chi connectivity index (χ3v) is 6.67. The number of carbonyl (C=O) groups excluding carboxylic acids is 1. The van der Waals surface area contributed by atoms with E-state index in [0.717, 1.165) is 36.8 Å². The van der Waals surface area contributed by atoms with Crippen LogP contribution in [0.25, 0.3) is 11.0 Å². The predicted molar refractivity (Wildman–Crippen MR) is 131 cm³/mol. The maximum absolute atomic E-state index is 14.1. The molecule has 2 aromatic carbocycles. The normalized spacial score (nSPS) is 20.5. The minimum atomic E-state index is -0.615. The fourth-order valence-corrected chi connectivity index (χ4v) is 5.05. The third-order valence-electron chi connectivity index (χ3n) is 6.67. The summed E-state index contributed by atoms with van der Waals surface area (Å²) in [6, 6.07) is 7.02. The SMILES string of the molecule is CC1CN(c2cnc3cc(C(=O)N(C)C)cc(C4CCCN4c4cc(F)cc(F)c4)c3n2)CCO1. The summed E-state index contributed by atoms with van der Waals surface area (Å²) in [4.78, 5) is 28.2. The molecule has 35 heavy (non-hydrogen) atoms. The second-order valence-electron chi connectivity index (χ2n) is 9.47. The number of ether oxygens (including phenoxy) is 1. The van der Waals surface area contributed by atoms with Gasteiger partial charge < -0.3 is 19.4 Å². The van der Waals surface area contributed by atoms with Crippen LogP contribution < -0.4 is 9.80 Å². The van der Waals surface area contributed by atoms with Crippen molar-refractivity contribution in [3.8, 4) is 0 Å². The van der Waals surface area contributed by atoms with Crippen LogP contribution in [0.2, 0.25) is 0 Å². The summed E-state index contributed by atoms with van der Waals surface area (Å²) >= 11 is 0. The smallest absolute Gasteiger partial charge is 0.253 e. The van der Waals surface area contributed by atoms with Gasteiger partial charge in [-0.1, -0.05) is 0 Å². The van der Waals surface area contributed by atoms with Crippen LogP contribution in [0.3, 0.4) is 0 Å². The maximum Gasteiger partial charge on any atom is 0.253 e. The van der Waals surface area contributed by atoms with Crippen molar-refractivity contribution in [2.24, 2.45) is 0 Å². The van der Waals surface area contributed by atoms with Crippen LogP contribution >= 0.6 is 0 Å². The molecule has 9 heteroatoms. The van der Waals surface area contributed by atoms with Crippen molar-refractivity contribution in [3.63, 3.8) is 0 Å². The number of benzene rings is 2. The number of morpholine rings is 1. The molecule has 2 saturated heterocycles. The standard InChI is InChI=1S/C26H29F2N5O2/c1-16-15-32(7-8-35-16)24-14-29-22-10-17(26(34)31(2)3)9-21(25(22)30-24)23-5-4-6-33(23)20-12-18(27)11-19(28)13-20/h9-14,16,23H,4-8,15H2,1-3H3. The van der Waals surface area contributed by atoms with Gasteiger partial charge in [-0.05, 0) is 44.0 Å². The Bertz CT molecular complexity index is 1250. The summed E-state index contributed by atoms with van der Waals surface area (Å²) in [7, 11) is 3.41. The Morgan fingerprint density at radius 3 is 2.60 bits per heavy atom. The monoisotopic (exact) mass is 481 g/mol. The van der Waals surface area contributed by atoms with Gasteiger partial charge in [-0.3, -0.25) is 9.78 Å². The minimum absolute atomic E-state index is 0.0917. The van der Waals surface area contributed by atoms with E-state index in [9.17, 15) is 13.6 Å². The molecule has 0 radical (unpaired) electrons. The number of nitrogens with zero attached hydrogens (tertiary/aromatic N) is 5. The average molecular weight is 482 g/mol. The first-order chi connectivity index (χ1) is 16.8. The van der Waals surface area contributed by atoms with Gasteiger partial charge in [0.2, 0.25) is 0 Å². The van der Waals surface area contributed by atoms with Crippen LogP contribution in [-0.2, 0) is 4.74 Å². The first-order valence-electron chi connectivity index (χ1n) is 11.9. The lowest BCUT2D eigenvalue weighted by atomic mass is 9.98. The van der Waals surface area contributed by atoms with Gasteiger partial charge >= 0.3 is 0 Å². The average Bonchev–Trinajstić information content (AvgIpc) is 3.32. The van der Waals surface area contributed by atoms with Gasteiger partial charge in [0.05, 0.1) is 36.0 Å². The second-order valence-corrected chi connectivity index (χ2v) is 9.47. The molecule has 0 bridgehead atoms. The van der Waals surface area contributed by atoms with E-state index < -0.39 is 11.6 Å². The highest BCUT2D eigenvalue weighted by Gasteiger charge is 2.31. The van der Waals surface area contributed by atoms with Crippen LogP contribution in [0.15, 0.2) is 36.5 Å². The number of hydrogen-bond donors (Lipinski definition) is 0. The molecular weight excluding hydrogens is 452 g/mol. The zero-order chi connectivity index (χ0) is 24.7. The predicted octanol–water partition coefficient (Wildman–Crippen LogP) is 4.18. The van der Waals surface area contributed by atoms with Gasteiger partial charge in [-0.15, -0.1) is 0 Å². The highest BCUT2D eigenvalue weighted by Crippen LogP contribution is 2.40. The molecule has 1 aromatic heterocycles. The molecule has 2 unspecified atom stereocenters. The van der Waals surface area contributed by atoms with E-state index in [4.69, 9.17) is 9.72 Å². The van der Waals surface area contributed by atoms with Crippen LogP contribution in [0.1, 0.15) is 41.7 Å². The number of rotatable bonds is 4. The van der Waals surface area contributed by atoms with Crippen molar-refractivity contribution in [2.45, 2.75) is 31.9 Å². The lowest BCUT2D eigenvalue weighted by Crippen LogP contribution is -2.41. The Kier molecular flexibility index (Phi) is 6.27. The number of halogens is 2. The zero-order valence-electron chi connectivity index (χ0n) is 20.2. The summed E-state index contributed by atoms with van der Waals surface area (Å²) < 4.78 is 33.8. The van der Waals surface area contributed by atoms with E-state index in [-0.39, 0.29) is 18.1 Å². The Morgan fingerprint density at radius 2 is 1.89 bits per heavy atom. The number of amides is 1. The highest BCUT2D eigenvalue weighted by molar-refractivity contribution is 5.98. The van der Waals surface area contributed by atoms with Crippen LogP contribution in [-0.4, -0.2) is 67.2 Å². The van der Waals surface area contributed by atoms with E-state index in [1.807, 2.05) is 17.9 Å². The lowest BCUT2D eigenvalue weighted by molar-refractivity contribution is 0.0529. The Balaban J connectivity index is 1.64. The van der Waals surface area contributed by atoms with Crippen molar-refractivity contribution in [1.82, 2.24) is 14.9 Å². The van der Waals surface area contributed by atoms with Gasteiger partial charge in [-0.25, -0.2) is 13.8 Å². The largest absolute Gasteiger partial charge is 0.375 e. The van der Waals surface area contributed by atoms with Gasteiger partial charge in [-0.2, -0.15) is 0 Å². The third kappa shape index (κ3) is 4.65. The Labute approximate surface area is 203 Å². The molecule has 2 aliphatic heterocycles. The van der Waals surface area contributed by atoms with E-state index in [1.54, 1.807) is 26.4 Å². The fraction of sp³-hybridized carbons (Fsp3) is 0.423. The first kappa shape index (κ1) is 23.4. The molecule has 1 amide bonds. The van der Waals surface area contributed by atoms with Gasteiger partial charge in [0.15, 0.2) is 0 Å². The van der Waals surface area contributed by atoms with Gasteiger partial charge in [0.25, 0.3) is 5.91 Å². The quantitative estimate of drug-likeness (QED) is 0.557. The molecule has 0 spiro atoms. The summed E-state index contributed by atoms with van der Waals surface area (Å²) in [5.41, 5.74) is 3.15. The summed E-state index contributed by atoms with van der Waals surface area (Å²) in [6.45, 7) is 4.72. The van der Waals surface area contributed by atoms with Crippen molar-refractivity contribution in [1.29, 1.82) is 0 Å². The molecule has 3 heterocycles. The summed E-state index contributed by atoms with van der Waals surface area (Å²) in [5, 5.41) is 0. The molecule has 2 atom stereocenters. The molecule has 7 nitrogen and oxygen atoms in total. The number of fused-ring (bicyclic) bond motifs is 1. The second kappa shape index (κ2) is 9.37. The molecule has 184 valence electrons. The number of hydrogen-bond acceptors (Lipinski definition) is 6. The molecule has 5 rings (SSSR count). The molecule has 0 saturated carbocycles. The molecule has 2 fully saturated rings. The molecule has 3 aromatic rings. The summed E-state index contributed by atoms with van der Waals surface area (Å²) in [6.07, 6.45) is 3.45. The maximum atomic E-state index is 14.1. The first-order valence-corrected chi connectivity index (χ1v) is 11.9. The van der Waals surface area contributed by atoms with Gasteiger partial charge in [0.1, 0.15) is 17.5 Å². The molecular formula is C26H29F2N5O2. The number of aromatic nitrogens is 2. The molecule has 2 aliphatic rings. The lowest BCUT2D eigenvalue weighted by Gasteiger charge is -2.32. The molecule has 0 aliphatic carbocycles. The van der Waals surface area contributed by atoms with Gasteiger partial charge in [0, 0.05) is 56.6 Å². The van der Waals surface area contributed by atoms with E-state index >= 15 is 0 Å². The Morgan fingerprint density at radius 1 is 1.11 bits per heavy atom. The van der Waals surface area contributed by atoms with Crippen molar-refractivity contribution < 1.29 is 18.3 Å². The Hall–Kier alpha value is -3.33. The topological polar surface area (TPSA) is 61.8 Å². The van der Waals surface area contributed by atoms with E-state index in [0.29, 0.717) is 42.0 Å². The number of anilines is 2. The highest BCUT2D eigenvalue weighted by atomic mass is 19.1. The zero-order valence-corrected chi connectivity index (χ0v) is 20.2. The minimum Gasteiger partial charge on any atom is -0.375 e. The summed E-state index contributed by atoms with van der Waals surface area (Å²) in [5.74, 6) is -0.615. The van der Waals surface area contributed by atoms with E-state index in [2.05, 4.69) is 9.88 Å². The van der Waals surface area contributed by atoms with Crippen LogP contribution in [0.5, 0.6) is 0 Å². The fourth-order valence-electron chi connectivity index (χ4n) is 5.05. The van der Waals surface area contributed by atoms with Crippen LogP contribution in [0, 0.1) is 11.6 Å². The number of carbonyl (C=O) groups is 1.